The fourth-order valence-electron chi connectivity index (χ4n) is 1.67. The number of nitrogens with zero attached hydrogens (tertiary/aromatic N) is 1. The standard InChI is InChI=1S/C14H21BrClN/c1-10(14(2,3)4)17(5)12-7-6-11(9-16)13(15)8-12/h6-8,10H,9H2,1-5H3. The van der Waals surface area contributed by atoms with Gasteiger partial charge in [-0.05, 0) is 30.0 Å². The van der Waals surface area contributed by atoms with Gasteiger partial charge in [-0.1, -0.05) is 42.8 Å². The largest absolute Gasteiger partial charge is 0.371 e. The molecule has 1 aromatic rings. The zero-order chi connectivity index (χ0) is 13.2. The van der Waals surface area contributed by atoms with Gasteiger partial charge in [0.2, 0.25) is 0 Å². The molecule has 0 aliphatic heterocycles. The highest BCUT2D eigenvalue weighted by atomic mass is 79.9. The van der Waals surface area contributed by atoms with Crippen molar-refractivity contribution in [3.05, 3.63) is 28.2 Å². The lowest BCUT2D eigenvalue weighted by molar-refractivity contribution is 0.330. The van der Waals surface area contributed by atoms with E-state index in [9.17, 15) is 0 Å². The van der Waals surface area contributed by atoms with E-state index < -0.39 is 0 Å². The molecule has 0 N–H and O–H groups in total. The van der Waals surface area contributed by atoms with E-state index in [1.54, 1.807) is 0 Å². The average Bonchev–Trinajstić information content (AvgIpc) is 2.25. The van der Waals surface area contributed by atoms with Crippen LogP contribution in [-0.4, -0.2) is 13.1 Å². The minimum atomic E-state index is 0.256. The van der Waals surface area contributed by atoms with E-state index in [1.165, 1.54) is 5.69 Å². The molecule has 0 saturated heterocycles. The van der Waals surface area contributed by atoms with Crippen molar-refractivity contribution >= 4 is 33.2 Å². The van der Waals surface area contributed by atoms with Crippen LogP contribution in [-0.2, 0) is 5.88 Å². The molecule has 1 aromatic carbocycles. The summed E-state index contributed by atoms with van der Waals surface area (Å²) in [4.78, 5) is 2.31. The first-order valence-electron chi connectivity index (χ1n) is 5.84. The van der Waals surface area contributed by atoms with Gasteiger partial charge in [0.1, 0.15) is 0 Å². The summed E-state index contributed by atoms with van der Waals surface area (Å²) in [7, 11) is 2.14. The van der Waals surface area contributed by atoms with E-state index in [0.717, 1.165) is 10.0 Å². The van der Waals surface area contributed by atoms with E-state index in [1.807, 2.05) is 0 Å². The molecule has 0 amide bonds. The lowest BCUT2D eigenvalue weighted by Crippen LogP contribution is -2.39. The fourth-order valence-corrected chi connectivity index (χ4v) is 2.57. The Bertz CT molecular complexity index is 384. The number of halogens is 2. The Morgan fingerprint density at radius 2 is 1.94 bits per heavy atom. The SMILES string of the molecule is CC(N(C)c1ccc(CCl)c(Br)c1)C(C)(C)C. The Kier molecular flexibility index (Phi) is 4.91. The predicted molar refractivity (Wildman–Crippen MR) is 81.0 cm³/mol. The van der Waals surface area contributed by atoms with Crippen molar-refractivity contribution in [1.82, 2.24) is 0 Å². The normalized spacial score (nSPS) is 13.6. The molecule has 0 spiro atoms. The van der Waals surface area contributed by atoms with Crippen LogP contribution in [0.15, 0.2) is 22.7 Å². The van der Waals surface area contributed by atoms with E-state index in [-0.39, 0.29) is 5.41 Å². The molecule has 0 heterocycles. The van der Waals surface area contributed by atoms with E-state index in [2.05, 4.69) is 73.8 Å². The number of hydrogen-bond acceptors (Lipinski definition) is 1. The molecule has 1 nitrogen and oxygen atoms in total. The van der Waals surface area contributed by atoms with Crippen LogP contribution in [0.4, 0.5) is 5.69 Å². The van der Waals surface area contributed by atoms with Gasteiger partial charge in [0.05, 0.1) is 0 Å². The van der Waals surface area contributed by atoms with Crippen LogP contribution < -0.4 is 4.90 Å². The summed E-state index contributed by atoms with van der Waals surface area (Å²) < 4.78 is 1.08. The summed E-state index contributed by atoms with van der Waals surface area (Å²) in [5.74, 6) is 0.541. The minimum absolute atomic E-state index is 0.256. The summed E-state index contributed by atoms with van der Waals surface area (Å²) in [6.45, 7) is 9.03. The Hall–Kier alpha value is -0.210. The summed E-state index contributed by atoms with van der Waals surface area (Å²) in [6.07, 6.45) is 0. The van der Waals surface area contributed by atoms with Gasteiger partial charge >= 0.3 is 0 Å². The molecule has 0 aromatic heterocycles. The highest BCUT2D eigenvalue weighted by Crippen LogP contribution is 2.30. The Labute approximate surface area is 118 Å². The third-order valence-corrected chi connectivity index (χ3v) is 4.45. The summed E-state index contributed by atoms with van der Waals surface area (Å²) >= 11 is 9.42. The van der Waals surface area contributed by atoms with Crippen molar-refractivity contribution in [2.45, 2.75) is 39.6 Å². The Balaban J connectivity index is 2.97. The smallest absolute Gasteiger partial charge is 0.0485 e. The lowest BCUT2D eigenvalue weighted by atomic mass is 9.87. The fraction of sp³-hybridized carbons (Fsp3) is 0.571. The second kappa shape index (κ2) is 5.62. The van der Waals surface area contributed by atoms with Crippen LogP contribution in [0.3, 0.4) is 0 Å². The quantitative estimate of drug-likeness (QED) is 0.704. The van der Waals surface area contributed by atoms with E-state index in [0.29, 0.717) is 11.9 Å². The first-order chi connectivity index (χ1) is 7.77. The van der Waals surface area contributed by atoms with Crippen LogP contribution >= 0.6 is 27.5 Å². The maximum atomic E-state index is 5.86. The molecule has 0 aliphatic rings. The third kappa shape index (κ3) is 3.62. The van der Waals surface area contributed by atoms with Gasteiger partial charge in [0.25, 0.3) is 0 Å². The van der Waals surface area contributed by atoms with Gasteiger partial charge in [-0.25, -0.2) is 0 Å². The van der Waals surface area contributed by atoms with Gasteiger partial charge in [-0.2, -0.15) is 0 Å². The summed E-state index contributed by atoms with van der Waals surface area (Å²) in [5.41, 5.74) is 2.60. The highest BCUT2D eigenvalue weighted by molar-refractivity contribution is 9.10. The second-order valence-electron chi connectivity index (χ2n) is 5.56. The molecule has 0 fully saturated rings. The lowest BCUT2D eigenvalue weighted by Gasteiger charge is -2.37. The van der Waals surface area contributed by atoms with Crippen LogP contribution in [0.5, 0.6) is 0 Å². The van der Waals surface area contributed by atoms with E-state index in [4.69, 9.17) is 11.6 Å². The zero-order valence-corrected chi connectivity index (χ0v) is 13.6. The number of rotatable bonds is 3. The molecule has 0 aliphatic carbocycles. The zero-order valence-electron chi connectivity index (χ0n) is 11.2. The molecule has 0 saturated carbocycles. The van der Waals surface area contributed by atoms with Gasteiger partial charge in [-0.15, -0.1) is 11.6 Å². The highest BCUT2D eigenvalue weighted by Gasteiger charge is 2.24. The minimum Gasteiger partial charge on any atom is -0.371 e. The summed E-state index contributed by atoms with van der Waals surface area (Å²) in [6, 6.07) is 6.82. The van der Waals surface area contributed by atoms with Crippen LogP contribution in [0, 0.1) is 5.41 Å². The first-order valence-corrected chi connectivity index (χ1v) is 7.17. The van der Waals surface area contributed by atoms with E-state index >= 15 is 0 Å². The van der Waals surface area contributed by atoms with Crippen molar-refractivity contribution in [3.63, 3.8) is 0 Å². The third-order valence-electron chi connectivity index (χ3n) is 3.42. The molecule has 96 valence electrons. The number of anilines is 1. The topological polar surface area (TPSA) is 3.24 Å². The molecule has 1 unspecified atom stereocenters. The van der Waals surface area contributed by atoms with Crippen molar-refractivity contribution in [1.29, 1.82) is 0 Å². The van der Waals surface area contributed by atoms with Gasteiger partial charge < -0.3 is 4.90 Å². The Morgan fingerprint density at radius 1 is 1.35 bits per heavy atom. The van der Waals surface area contributed by atoms with Crippen molar-refractivity contribution in [3.8, 4) is 0 Å². The first kappa shape index (κ1) is 14.8. The molecular weight excluding hydrogens is 298 g/mol. The molecule has 3 heteroatoms. The van der Waals surface area contributed by atoms with Crippen molar-refractivity contribution in [2.24, 2.45) is 5.41 Å². The number of alkyl halides is 1. The number of benzene rings is 1. The summed E-state index contributed by atoms with van der Waals surface area (Å²) in [5, 5.41) is 0. The van der Waals surface area contributed by atoms with Crippen LogP contribution in [0.2, 0.25) is 0 Å². The van der Waals surface area contributed by atoms with Gasteiger partial charge in [0, 0.05) is 29.1 Å². The molecule has 1 atom stereocenters. The van der Waals surface area contributed by atoms with Crippen LogP contribution in [0.1, 0.15) is 33.3 Å². The van der Waals surface area contributed by atoms with Crippen molar-refractivity contribution < 1.29 is 0 Å². The van der Waals surface area contributed by atoms with Gasteiger partial charge in [0.15, 0.2) is 0 Å². The second-order valence-corrected chi connectivity index (χ2v) is 6.68. The van der Waals surface area contributed by atoms with Gasteiger partial charge in [-0.3, -0.25) is 0 Å². The average molecular weight is 319 g/mol. The maximum Gasteiger partial charge on any atom is 0.0485 e. The molecule has 0 radical (unpaired) electrons. The Morgan fingerprint density at radius 3 is 2.35 bits per heavy atom. The maximum absolute atomic E-state index is 5.86. The van der Waals surface area contributed by atoms with Crippen molar-refractivity contribution in [2.75, 3.05) is 11.9 Å². The number of hydrogen-bond donors (Lipinski definition) is 0. The monoisotopic (exact) mass is 317 g/mol. The molecule has 0 bridgehead atoms. The van der Waals surface area contributed by atoms with Crippen LogP contribution in [0.25, 0.3) is 0 Å². The molecular formula is C14H21BrClN. The molecule has 17 heavy (non-hydrogen) atoms. The molecule has 1 rings (SSSR count). The predicted octanol–water partition coefficient (Wildman–Crippen LogP) is 5.06.